The standard InChI is InChI=1S/C22H23NO3S2/c1-4-19-9-15-21(16-10-19)27(24,20-11-5-17(2)6-12-20)23-28(25,26)22-13-7-18(3)8-14-22/h5-16H,4H2,1-3H3/t27-/m1/s1. The van der Waals surface area contributed by atoms with E-state index >= 15 is 0 Å². The molecular weight excluding hydrogens is 390 g/mol. The average Bonchev–Trinajstić information content (AvgIpc) is 2.68. The number of hydrogen-bond donors (Lipinski definition) is 0. The third-order valence-corrected chi connectivity index (χ3v) is 8.83. The molecule has 1 atom stereocenters. The molecule has 0 saturated heterocycles. The Hall–Kier alpha value is -2.44. The van der Waals surface area contributed by atoms with Gasteiger partial charge in [-0.25, -0.2) is 4.21 Å². The van der Waals surface area contributed by atoms with E-state index in [2.05, 4.69) is 3.77 Å². The summed E-state index contributed by atoms with van der Waals surface area (Å²) in [7, 11) is -7.47. The van der Waals surface area contributed by atoms with E-state index in [9.17, 15) is 12.6 Å². The van der Waals surface area contributed by atoms with Gasteiger partial charge in [-0.2, -0.15) is 8.42 Å². The summed E-state index contributed by atoms with van der Waals surface area (Å²) in [5.41, 5.74) is 3.01. The molecule has 146 valence electrons. The summed E-state index contributed by atoms with van der Waals surface area (Å²) >= 11 is 0. The predicted octanol–water partition coefficient (Wildman–Crippen LogP) is 5.14. The van der Waals surface area contributed by atoms with Crippen molar-refractivity contribution < 1.29 is 12.6 Å². The van der Waals surface area contributed by atoms with Crippen molar-refractivity contribution in [2.75, 3.05) is 0 Å². The predicted molar refractivity (Wildman–Crippen MR) is 112 cm³/mol. The van der Waals surface area contributed by atoms with Crippen LogP contribution >= 0.6 is 0 Å². The Balaban J connectivity index is 2.26. The van der Waals surface area contributed by atoms with Crippen molar-refractivity contribution in [2.24, 2.45) is 3.77 Å². The van der Waals surface area contributed by atoms with Gasteiger partial charge >= 0.3 is 0 Å². The van der Waals surface area contributed by atoms with Crippen LogP contribution in [0.1, 0.15) is 23.6 Å². The Morgan fingerprint density at radius 3 is 1.46 bits per heavy atom. The van der Waals surface area contributed by atoms with Crippen LogP contribution in [0.15, 0.2) is 91.3 Å². The molecule has 0 unspecified atom stereocenters. The molecular formula is C22H23NO3S2. The van der Waals surface area contributed by atoms with Crippen molar-refractivity contribution >= 4 is 19.8 Å². The molecule has 3 rings (SSSR count). The van der Waals surface area contributed by atoms with Crippen molar-refractivity contribution in [1.29, 1.82) is 0 Å². The van der Waals surface area contributed by atoms with E-state index < -0.39 is 19.8 Å². The van der Waals surface area contributed by atoms with Crippen LogP contribution in [-0.4, -0.2) is 12.6 Å². The first-order valence-corrected chi connectivity index (χ1v) is 12.0. The van der Waals surface area contributed by atoms with Gasteiger partial charge in [-0.1, -0.05) is 58.2 Å². The van der Waals surface area contributed by atoms with Gasteiger partial charge in [-0.05, 0) is 62.2 Å². The molecule has 6 heteroatoms. The van der Waals surface area contributed by atoms with Crippen LogP contribution in [0.2, 0.25) is 0 Å². The summed E-state index contributed by atoms with van der Waals surface area (Å²) in [6, 6.07) is 20.5. The molecule has 0 aliphatic carbocycles. The van der Waals surface area contributed by atoms with Gasteiger partial charge in [0, 0.05) is 0 Å². The van der Waals surface area contributed by atoms with E-state index in [1.54, 1.807) is 36.4 Å². The van der Waals surface area contributed by atoms with Crippen molar-refractivity contribution in [3.63, 3.8) is 0 Å². The SMILES string of the molecule is CCc1ccc([S@@](=O)(=NS(=O)(=O)c2ccc(C)cc2)c2ccc(C)cc2)cc1. The van der Waals surface area contributed by atoms with Crippen LogP contribution in [0.4, 0.5) is 0 Å². The lowest BCUT2D eigenvalue weighted by Gasteiger charge is -2.12. The summed E-state index contributed by atoms with van der Waals surface area (Å²) in [6.45, 7) is 5.82. The van der Waals surface area contributed by atoms with Gasteiger partial charge in [0.1, 0.15) is 9.73 Å². The fourth-order valence-electron chi connectivity index (χ4n) is 2.75. The molecule has 0 N–H and O–H groups in total. The first-order chi connectivity index (χ1) is 13.2. The molecule has 0 saturated carbocycles. The molecule has 0 aromatic heterocycles. The highest BCUT2D eigenvalue weighted by Gasteiger charge is 2.23. The van der Waals surface area contributed by atoms with Crippen LogP contribution in [0.5, 0.6) is 0 Å². The Bertz CT molecular complexity index is 1190. The third kappa shape index (κ3) is 4.18. The first kappa shape index (κ1) is 20.3. The lowest BCUT2D eigenvalue weighted by atomic mass is 10.2. The Kier molecular flexibility index (Phi) is 5.72. The topological polar surface area (TPSA) is 63.6 Å². The second-order valence-corrected chi connectivity index (χ2v) is 10.7. The molecule has 0 fully saturated rings. The third-order valence-electron chi connectivity index (χ3n) is 4.51. The maximum atomic E-state index is 14.0. The highest BCUT2D eigenvalue weighted by molar-refractivity contribution is 8.03. The molecule has 3 aromatic carbocycles. The molecule has 4 nitrogen and oxygen atoms in total. The maximum Gasteiger partial charge on any atom is 0.290 e. The van der Waals surface area contributed by atoms with Crippen LogP contribution < -0.4 is 0 Å². The van der Waals surface area contributed by atoms with Crippen LogP contribution in [0.3, 0.4) is 0 Å². The second kappa shape index (κ2) is 7.89. The highest BCUT2D eigenvalue weighted by Crippen LogP contribution is 2.28. The largest absolute Gasteiger partial charge is 0.290 e. The molecule has 0 aliphatic rings. The van der Waals surface area contributed by atoms with Crippen LogP contribution in [0, 0.1) is 13.8 Å². The normalized spacial score (nSPS) is 13.7. The summed E-state index contributed by atoms with van der Waals surface area (Å²) in [5, 5.41) is 0. The molecule has 0 radical (unpaired) electrons. The molecule has 0 aliphatic heterocycles. The molecule has 0 amide bonds. The molecule has 0 heterocycles. The fourth-order valence-corrected chi connectivity index (χ4v) is 6.65. The highest BCUT2D eigenvalue weighted by atomic mass is 32.3. The van der Waals surface area contributed by atoms with Gasteiger partial charge in [0.2, 0.25) is 0 Å². The Morgan fingerprint density at radius 2 is 1.04 bits per heavy atom. The van der Waals surface area contributed by atoms with Gasteiger partial charge in [0.15, 0.2) is 0 Å². The first-order valence-electron chi connectivity index (χ1n) is 9.00. The number of rotatable bonds is 5. The summed E-state index contributed by atoms with van der Waals surface area (Å²) in [4.78, 5) is 0.783. The van der Waals surface area contributed by atoms with Gasteiger partial charge in [0.25, 0.3) is 10.0 Å². The maximum absolute atomic E-state index is 14.0. The summed E-state index contributed by atoms with van der Waals surface area (Å²) < 4.78 is 43.9. The molecule has 0 bridgehead atoms. The zero-order chi connectivity index (χ0) is 20.4. The van der Waals surface area contributed by atoms with Gasteiger partial charge in [0.05, 0.1) is 14.7 Å². The van der Waals surface area contributed by atoms with Crippen molar-refractivity contribution in [1.82, 2.24) is 0 Å². The number of benzene rings is 3. The van der Waals surface area contributed by atoms with E-state index in [0.717, 1.165) is 23.1 Å². The van der Waals surface area contributed by atoms with Gasteiger partial charge < -0.3 is 0 Å². The monoisotopic (exact) mass is 413 g/mol. The van der Waals surface area contributed by atoms with Crippen molar-refractivity contribution in [2.45, 2.75) is 41.9 Å². The lowest BCUT2D eigenvalue weighted by Crippen LogP contribution is -2.08. The molecule has 28 heavy (non-hydrogen) atoms. The minimum absolute atomic E-state index is 0.0307. The van der Waals surface area contributed by atoms with E-state index in [0.29, 0.717) is 9.79 Å². The summed E-state index contributed by atoms with van der Waals surface area (Å²) in [6.07, 6.45) is 0.838. The minimum Gasteiger partial charge on any atom is -0.239 e. The van der Waals surface area contributed by atoms with Crippen molar-refractivity contribution in [3.05, 3.63) is 89.5 Å². The number of nitrogens with zero attached hydrogens (tertiary/aromatic N) is 1. The Labute approximate surface area is 167 Å². The van der Waals surface area contributed by atoms with Gasteiger partial charge in [-0.3, -0.25) is 0 Å². The van der Waals surface area contributed by atoms with E-state index in [1.165, 1.54) is 12.1 Å². The Morgan fingerprint density at radius 1 is 0.643 bits per heavy atom. The smallest absolute Gasteiger partial charge is 0.239 e. The summed E-state index contributed by atoms with van der Waals surface area (Å²) in [5.74, 6) is 0. The minimum atomic E-state index is -4.11. The van der Waals surface area contributed by atoms with Crippen LogP contribution in [-0.2, 0) is 26.2 Å². The van der Waals surface area contributed by atoms with Gasteiger partial charge in [-0.15, -0.1) is 0 Å². The number of hydrogen-bond acceptors (Lipinski definition) is 3. The average molecular weight is 414 g/mol. The van der Waals surface area contributed by atoms with E-state index in [-0.39, 0.29) is 4.90 Å². The van der Waals surface area contributed by atoms with Crippen molar-refractivity contribution in [3.8, 4) is 0 Å². The number of sulfonamides is 1. The molecule has 3 aromatic rings. The quantitative estimate of drug-likeness (QED) is 0.582. The molecule has 0 spiro atoms. The number of aryl methyl sites for hydroxylation is 3. The van der Waals surface area contributed by atoms with Crippen LogP contribution in [0.25, 0.3) is 0 Å². The lowest BCUT2D eigenvalue weighted by molar-refractivity contribution is 0.598. The zero-order valence-electron chi connectivity index (χ0n) is 16.1. The van der Waals surface area contributed by atoms with E-state index in [1.807, 2.05) is 45.0 Å². The fraction of sp³-hybridized carbons (Fsp3) is 0.182. The van der Waals surface area contributed by atoms with E-state index in [4.69, 9.17) is 0 Å². The second-order valence-electron chi connectivity index (χ2n) is 6.70. The zero-order valence-corrected chi connectivity index (χ0v) is 17.8.